The predicted molar refractivity (Wildman–Crippen MR) is 143 cm³/mol. The zero-order valence-corrected chi connectivity index (χ0v) is 20.9. The fourth-order valence-corrected chi connectivity index (χ4v) is 5.01. The quantitative estimate of drug-likeness (QED) is 0.356. The van der Waals surface area contributed by atoms with Crippen LogP contribution in [0.15, 0.2) is 84.5 Å². The van der Waals surface area contributed by atoms with Crippen LogP contribution in [0.25, 0.3) is 5.57 Å². The van der Waals surface area contributed by atoms with E-state index < -0.39 is 0 Å². The zero-order chi connectivity index (χ0) is 23.6. The van der Waals surface area contributed by atoms with Crippen LogP contribution in [0.4, 0.5) is 0 Å². The van der Waals surface area contributed by atoms with E-state index >= 15 is 0 Å². The molecule has 0 spiro atoms. The van der Waals surface area contributed by atoms with Crippen LogP contribution in [0.5, 0.6) is 0 Å². The summed E-state index contributed by atoms with van der Waals surface area (Å²) in [5.41, 5.74) is 6.89. The molecule has 0 radical (unpaired) electrons. The second-order valence-electron chi connectivity index (χ2n) is 9.86. The third-order valence-electron chi connectivity index (χ3n) is 7.22. The van der Waals surface area contributed by atoms with Gasteiger partial charge in [0.1, 0.15) is 0 Å². The summed E-state index contributed by atoms with van der Waals surface area (Å²) < 4.78 is 11.9. The number of hydrogen-bond acceptors (Lipinski definition) is 2. The summed E-state index contributed by atoms with van der Waals surface area (Å²) in [5, 5.41) is 0. The molecule has 3 atom stereocenters. The molecule has 3 unspecified atom stereocenters. The highest BCUT2D eigenvalue weighted by Crippen LogP contribution is 2.38. The smallest absolute Gasteiger partial charge is 0.158 e. The third kappa shape index (κ3) is 7.04. The van der Waals surface area contributed by atoms with Gasteiger partial charge in [0, 0.05) is 6.61 Å². The second kappa shape index (κ2) is 12.9. The first-order chi connectivity index (χ1) is 16.7. The average Bonchev–Trinajstić information content (AvgIpc) is 2.91. The van der Waals surface area contributed by atoms with Gasteiger partial charge in [-0.05, 0) is 84.3 Å². The molecule has 1 aliphatic carbocycles. The summed E-state index contributed by atoms with van der Waals surface area (Å²) in [6.07, 6.45) is 16.7. The summed E-state index contributed by atoms with van der Waals surface area (Å²) in [6, 6.07) is 20.1. The van der Waals surface area contributed by atoms with Crippen LogP contribution >= 0.6 is 0 Å². The molecule has 0 N–H and O–H groups in total. The summed E-state index contributed by atoms with van der Waals surface area (Å²) >= 11 is 0. The summed E-state index contributed by atoms with van der Waals surface area (Å²) in [4.78, 5) is 0. The van der Waals surface area contributed by atoms with E-state index in [0.29, 0.717) is 18.4 Å². The Morgan fingerprint density at radius 2 is 1.94 bits per heavy atom. The van der Waals surface area contributed by atoms with E-state index in [1.807, 2.05) is 0 Å². The van der Waals surface area contributed by atoms with Crippen molar-refractivity contribution in [1.82, 2.24) is 0 Å². The van der Waals surface area contributed by atoms with Crippen LogP contribution in [0, 0.1) is 5.92 Å². The van der Waals surface area contributed by atoms with Gasteiger partial charge < -0.3 is 9.47 Å². The van der Waals surface area contributed by atoms with Crippen LogP contribution in [-0.2, 0) is 16.1 Å². The van der Waals surface area contributed by atoms with Crippen molar-refractivity contribution in [2.24, 2.45) is 5.92 Å². The van der Waals surface area contributed by atoms with Crippen molar-refractivity contribution >= 4 is 5.57 Å². The highest BCUT2D eigenvalue weighted by molar-refractivity contribution is 5.73. The minimum Gasteiger partial charge on any atom is -0.353 e. The Labute approximate surface area is 206 Å². The minimum absolute atomic E-state index is 0.0559. The van der Waals surface area contributed by atoms with Gasteiger partial charge in [-0.15, -0.1) is 0 Å². The molecular formula is C32H40O2. The van der Waals surface area contributed by atoms with Gasteiger partial charge in [-0.1, -0.05) is 93.1 Å². The van der Waals surface area contributed by atoms with Crippen molar-refractivity contribution in [2.45, 2.75) is 77.6 Å². The van der Waals surface area contributed by atoms with Gasteiger partial charge >= 0.3 is 0 Å². The van der Waals surface area contributed by atoms with E-state index in [9.17, 15) is 0 Å². The normalized spacial score (nSPS) is 21.3. The van der Waals surface area contributed by atoms with Gasteiger partial charge in [0.2, 0.25) is 0 Å². The molecular weight excluding hydrogens is 416 g/mol. The molecule has 2 heteroatoms. The molecule has 0 saturated carbocycles. The largest absolute Gasteiger partial charge is 0.353 e. The number of benzene rings is 2. The van der Waals surface area contributed by atoms with Gasteiger partial charge in [-0.2, -0.15) is 0 Å². The van der Waals surface area contributed by atoms with Crippen LogP contribution in [-0.4, -0.2) is 12.9 Å². The first-order valence-electron chi connectivity index (χ1n) is 13.2. The van der Waals surface area contributed by atoms with E-state index in [-0.39, 0.29) is 6.29 Å². The Bertz CT molecular complexity index is 979. The number of rotatable bonds is 10. The maximum Gasteiger partial charge on any atom is 0.158 e. The number of allylic oxidation sites excluding steroid dienone is 6. The first kappa shape index (κ1) is 24.7. The molecule has 1 aliphatic heterocycles. The summed E-state index contributed by atoms with van der Waals surface area (Å²) in [6.45, 7) is 6.11. The van der Waals surface area contributed by atoms with Gasteiger partial charge in [0.05, 0.1) is 6.61 Å². The highest BCUT2D eigenvalue weighted by atomic mass is 16.7. The highest BCUT2D eigenvalue weighted by Gasteiger charge is 2.20. The predicted octanol–water partition coefficient (Wildman–Crippen LogP) is 8.61. The van der Waals surface area contributed by atoms with Gasteiger partial charge in [-0.25, -0.2) is 0 Å². The molecule has 180 valence electrons. The lowest BCUT2D eigenvalue weighted by molar-refractivity contribution is -0.168. The minimum atomic E-state index is -0.0559. The fourth-order valence-electron chi connectivity index (χ4n) is 5.01. The topological polar surface area (TPSA) is 18.5 Å². The molecule has 34 heavy (non-hydrogen) atoms. The van der Waals surface area contributed by atoms with E-state index in [2.05, 4.69) is 92.7 Å². The Kier molecular flexibility index (Phi) is 9.35. The Balaban J connectivity index is 1.60. The van der Waals surface area contributed by atoms with Crippen molar-refractivity contribution < 1.29 is 9.47 Å². The van der Waals surface area contributed by atoms with E-state index in [1.165, 1.54) is 47.1 Å². The lowest BCUT2D eigenvalue weighted by atomic mass is 9.80. The molecule has 0 bridgehead atoms. The molecule has 1 saturated heterocycles. The second-order valence-corrected chi connectivity index (χ2v) is 9.86. The number of ether oxygens (including phenoxy) is 2. The molecule has 1 heterocycles. The Morgan fingerprint density at radius 1 is 1.06 bits per heavy atom. The molecule has 2 nitrogen and oxygen atoms in total. The molecule has 2 aromatic rings. The first-order valence-corrected chi connectivity index (χ1v) is 13.2. The van der Waals surface area contributed by atoms with Gasteiger partial charge in [0.15, 0.2) is 6.29 Å². The third-order valence-corrected chi connectivity index (χ3v) is 7.22. The van der Waals surface area contributed by atoms with Crippen LogP contribution in [0.3, 0.4) is 0 Å². The van der Waals surface area contributed by atoms with Crippen LogP contribution in [0.1, 0.15) is 81.4 Å². The molecule has 1 fully saturated rings. The van der Waals surface area contributed by atoms with Gasteiger partial charge in [-0.3, -0.25) is 0 Å². The molecule has 2 aliphatic rings. The van der Waals surface area contributed by atoms with Crippen molar-refractivity contribution in [1.29, 1.82) is 0 Å². The van der Waals surface area contributed by atoms with Crippen LogP contribution < -0.4 is 0 Å². The zero-order valence-electron chi connectivity index (χ0n) is 20.9. The SMILES string of the molecule is CCC(C)CC(CC(=C1C=CC=CC1)c1cccc(COC2CCCCO2)c1)c1ccccc1. The maximum atomic E-state index is 6.10. The summed E-state index contributed by atoms with van der Waals surface area (Å²) in [7, 11) is 0. The Morgan fingerprint density at radius 3 is 2.68 bits per heavy atom. The standard InChI is InChI=1S/C32H40O2/c1-3-25(2)21-30(27-14-6-4-7-15-27)23-31(28-16-8-5-9-17-28)29-18-12-13-26(22-29)24-34-32-19-10-11-20-33-32/h4-9,12-16,18,22,25,30,32H,3,10-11,17,19-21,23-24H2,1-2H3. The molecule has 2 aromatic carbocycles. The van der Waals surface area contributed by atoms with Crippen molar-refractivity contribution in [3.05, 3.63) is 101 Å². The van der Waals surface area contributed by atoms with Crippen molar-refractivity contribution in [2.75, 3.05) is 6.61 Å². The van der Waals surface area contributed by atoms with Crippen LogP contribution in [0.2, 0.25) is 0 Å². The lowest BCUT2D eigenvalue weighted by Crippen LogP contribution is -2.22. The molecule has 4 rings (SSSR count). The lowest BCUT2D eigenvalue weighted by Gasteiger charge is -2.25. The molecule has 0 amide bonds. The van der Waals surface area contributed by atoms with E-state index in [1.54, 1.807) is 0 Å². The average molecular weight is 457 g/mol. The fraction of sp³-hybridized carbons (Fsp3) is 0.438. The molecule has 0 aromatic heterocycles. The monoisotopic (exact) mass is 456 g/mol. The van der Waals surface area contributed by atoms with Gasteiger partial charge in [0.25, 0.3) is 0 Å². The summed E-state index contributed by atoms with van der Waals surface area (Å²) in [5.74, 6) is 1.21. The Hall–Kier alpha value is -2.42. The van der Waals surface area contributed by atoms with Crippen molar-refractivity contribution in [3.8, 4) is 0 Å². The van der Waals surface area contributed by atoms with Crippen molar-refractivity contribution in [3.63, 3.8) is 0 Å². The van der Waals surface area contributed by atoms with E-state index in [0.717, 1.165) is 32.3 Å². The number of hydrogen-bond donors (Lipinski definition) is 0. The maximum absolute atomic E-state index is 6.10. The van der Waals surface area contributed by atoms with E-state index in [4.69, 9.17) is 9.47 Å².